The minimum atomic E-state index is 0.899. The van der Waals surface area contributed by atoms with E-state index in [0.717, 1.165) is 5.92 Å². The topological polar surface area (TPSA) is 12.0 Å². The van der Waals surface area contributed by atoms with Crippen LogP contribution in [-0.4, -0.2) is 13.1 Å². The van der Waals surface area contributed by atoms with E-state index < -0.39 is 0 Å². The lowest BCUT2D eigenvalue weighted by Gasteiger charge is -2.21. The molecule has 13 heavy (non-hydrogen) atoms. The maximum Gasteiger partial charge on any atom is 0.0314 e. The predicted molar refractivity (Wildman–Crippen MR) is 61.3 cm³/mol. The maximum atomic E-state index is 3.59. The van der Waals surface area contributed by atoms with Gasteiger partial charge in [0.15, 0.2) is 0 Å². The number of hydrogen-bond acceptors (Lipinski definition) is 2. The molecule has 1 aromatic heterocycles. The second kappa shape index (κ2) is 4.58. The first-order valence-corrected chi connectivity index (χ1v) is 6.46. The molecule has 0 aromatic carbocycles. The van der Waals surface area contributed by atoms with Crippen molar-refractivity contribution in [3.05, 3.63) is 20.8 Å². The Morgan fingerprint density at radius 3 is 2.85 bits per heavy atom. The van der Waals surface area contributed by atoms with Crippen LogP contribution in [0.1, 0.15) is 17.7 Å². The van der Waals surface area contributed by atoms with Crippen LogP contribution in [0, 0.1) is 5.92 Å². The van der Waals surface area contributed by atoms with E-state index >= 15 is 0 Å². The molecule has 3 heteroatoms. The zero-order chi connectivity index (χ0) is 9.10. The highest BCUT2D eigenvalue weighted by atomic mass is 79.9. The molecule has 1 fully saturated rings. The number of halogens is 1. The number of rotatable bonds is 2. The van der Waals surface area contributed by atoms with Crippen LogP contribution in [0.25, 0.3) is 0 Å². The summed E-state index contributed by atoms with van der Waals surface area (Å²) in [4.78, 5) is 1.52. The number of hydrogen-bond donors (Lipinski definition) is 1. The quantitative estimate of drug-likeness (QED) is 0.861. The summed E-state index contributed by atoms with van der Waals surface area (Å²) in [5.74, 6) is 0.899. The summed E-state index contributed by atoms with van der Waals surface area (Å²) in [6, 6.07) is 2.15. The first-order chi connectivity index (χ1) is 6.36. The molecule has 2 heterocycles. The average molecular weight is 260 g/mol. The fourth-order valence-corrected chi connectivity index (χ4v) is 3.45. The van der Waals surface area contributed by atoms with Crippen molar-refractivity contribution in [1.29, 1.82) is 0 Å². The van der Waals surface area contributed by atoms with Gasteiger partial charge in [0.25, 0.3) is 0 Å². The van der Waals surface area contributed by atoms with Crippen LogP contribution in [0.15, 0.2) is 15.9 Å². The van der Waals surface area contributed by atoms with Crippen molar-refractivity contribution in [2.45, 2.75) is 19.3 Å². The van der Waals surface area contributed by atoms with Crippen molar-refractivity contribution in [2.75, 3.05) is 13.1 Å². The molecule has 0 atom stereocenters. The zero-order valence-electron chi connectivity index (χ0n) is 7.55. The molecule has 0 spiro atoms. The predicted octanol–water partition coefficient (Wildman–Crippen LogP) is 3.05. The van der Waals surface area contributed by atoms with Crippen molar-refractivity contribution >= 4 is 27.3 Å². The number of thiophene rings is 1. The minimum Gasteiger partial charge on any atom is -0.317 e. The van der Waals surface area contributed by atoms with Crippen LogP contribution in [0.4, 0.5) is 0 Å². The van der Waals surface area contributed by atoms with Gasteiger partial charge in [0.2, 0.25) is 0 Å². The Morgan fingerprint density at radius 1 is 1.46 bits per heavy atom. The number of nitrogens with one attached hydrogen (secondary N) is 1. The van der Waals surface area contributed by atoms with Crippen LogP contribution in [0.3, 0.4) is 0 Å². The highest BCUT2D eigenvalue weighted by molar-refractivity contribution is 9.10. The Labute approximate surface area is 91.7 Å². The molecule has 1 N–H and O–H groups in total. The number of piperidine rings is 1. The van der Waals surface area contributed by atoms with Crippen molar-refractivity contribution in [1.82, 2.24) is 5.32 Å². The van der Waals surface area contributed by atoms with Crippen molar-refractivity contribution in [3.63, 3.8) is 0 Å². The molecule has 1 saturated heterocycles. The summed E-state index contributed by atoms with van der Waals surface area (Å²) in [5.41, 5.74) is 0. The second-order valence-corrected chi connectivity index (χ2v) is 5.44. The SMILES string of the molecule is Brc1ccsc1CC1CCNCC1. The summed E-state index contributed by atoms with van der Waals surface area (Å²) in [6.07, 6.45) is 3.94. The van der Waals surface area contributed by atoms with Crippen molar-refractivity contribution in [3.8, 4) is 0 Å². The van der Waals surface area contributed by atoms with Gasteiger partial charge in [-0.25, -0.2) is 0 Å². The molecule has 2 rings (SSSR count). The first kappa shape index (κ1) is 9.69. The fourth-order valence-electron chi connectivity index (χ4n) is 1.82. The van der Waals surface area contributed by atoms with Gasteiger partial charge < -0.3 is 5.32 Å². The van der Waals surface area contributed by atoms with Crippen LogP contribution >= 0.6 is 27.3 Å². The van der Waals surface area contributed by atoms with Gasteiger partial charge in [0.1, 0.15) is 0 Å². The van der Waals surface area contributed by atoms with Crippen molar-refractivity contribution in [2.24, 2.45) is 5.92 Å². The maximum absolute atomic E-state index is 3.59. The van der Waals surface area contributed by atoms with Gasteiger partial charge in [-0.1, -0.05) is 0 Å². The van der Waals surface area contributed by atoms with Crippen molar-refractivity contribution < 1.29 is 0 Å². The fraction of sp³-hybridized carbons (Fsp3) is 0.600. The average Bonchev–Trinajstić information content (AvgIpc) is 2.54. The van der Waals surface area contributed by atoms with E-state index in [1.54, 1.807) is 0 Å². The second-order valence-electron chi connectivity index (χ2n) is 3.59. The Hall–Kier alpha value is 0.140. The zero-order valence-corrected chi connectivity index (χ0v) is 9.96. The van der Waals surface area contributed by atoms with E-state index in [0.29, 0.717) is 0 Å². The van der Waals surface area contributed by atoms with Crippen LogP contribution in [0.5, 0.6) is 0 Å². The summed E-state index contributed by atoms with van der Waals surface area (Å²) in [7, 11) is 0. The lowest BCUT2D eigenvalue weighted by atomic mass is 9.94. The third-order valence-corrected chi connectivity index (χ3v) is 4.57. The monoisotopic (exact) mass is 259 g/mol. The lowest BCUT2D eigenvalue weighted by Crippen LogP contribution is -2.28. The Bertz CT molecular complexity index is 266. The van der Waals surface area contributed by atoms with Crippen LogP contribution in [0.2, 0.25) is 0 Å². The Kier molecular flexibility index (Phi) is 3.41. The van der Waals surface area contributed by atoms with Crippen LogP contribution in [-0.2, 0) is 6.42 Å². The van der Waals surface area contributed by atoms with Gasteiger partial charge >= 0.3 is 0 Å². The first-order valence-electron chi connectivity index (χ1n) is 4.79. The molecule has 1 aliphatic heterocycles. The van der Waals surface area contributed by atoms with Gasteiger partial charge in [0, 0.05) is 9.35 Å². The van der Waals surface area contributed by atoms with Gasteiger partial charge in [0.05, 0.1) is 0 Å². The molecule has 0 bridgehead atoms. The third kappa shape index (κ3) is 2.55. The molecule has 0 unspecified atom stereocenters. The lowest BCUT2D eigenvalue weighted by molar-refractivity contribution is 0.374. The van der Waals surface area contributed by atoms with E-state index in [9.17, 15) is 0 Å². The molecule has 0 amide bonds. The molecular weight excluding hydrogens is 246 g/mol. The smallest absolute Gasteiger partial charge is 0.0314 e. The molecule has 0 saturated carbocycles. The van der Waals surface area contributed by atoms with Gasteiger partial charge in [-0.3, -0.25) is 0 Å². The summed E-state index contributed by atoms with van der Waals surface area (Å²) in [5, 5.41) is 5.57. The summed E-state index contributed by atoms with van der Waals surface area (Å²) in [6.45, 7) is 2.40. The standard InChI is InChI=1S/C10H14BrNS/c11-9-3-6-13-10(9)7-8-1-4-12-5-2-8/h3,6,8,12H,1-2,4-5,7H2. The summed E-state index contributed by atoms with van der Waals surface area (Å²) < 4.78 is 1.30. The van der Waals surface area contributed by atoms with E-state index in [1.165, 1.54) is 41.7 Å². The van der Waals surface area contributed by atoms with Gasteiger partial charge in [-0.05, 0) is 65.6 Å². The highest BCUT2D eigenvalue weighted by Gasteiger charge is 2.15. The van der Waals surface area contributed by atoms with E-state index in [4.69, 9.17) is 0 Å². The van der Waals surface area contributed by atoms with Gasteiger partial charge in [-0.2, -0.15) is 0 Å². The molecule has 1 aromatic rings. The van der Waals surface area contributed by atoms with E-state index in [2.05, 4.69) is 32.7 Å². The molecule has 1 aliphatic rings. The minimum absolute atomic E-state index is 0.899. The normalized spacial score (nSPS) is 19.2. The van der Waals surface area contributed by atoms with Crippen LogP contribution < -0.4 is 5.32 Å². The molecule has 1 nitrogen and oxygen atoms in total. The molecule has 0 radical (unpaired) electrons. The molecular formula is C10H14BrNS. The molecule has 72 valence electrons. The van der Waals surface area contributed by atoms with Gasteiger partial charge in [-0.15, -0.1) is 11.3 Å². The largest absolute Gasteiger partial charge is 0.317 e. The summed E-state index contributed by atoms with van der Waals surface area (Å²) >= 11 is 5.46. The van der Waals surface area contributed by atoms with E-state index in [-0.39, 0.29) is 0 Å². The third-order valence-electron chi connectivity index (χ3n) is 2.62. The molecule has 0 aliphatic carbocycles. The highest BCUT2D eigenvalue weighted by Crippen LogP contribution is 2.28. The Balaban J connectivity index is 1.93. The van der Waals surface area contributed by atoms with E-state index in [1.807, 2.05) is 11.3 Å². The Morgan fingerprint density at radius 2 is 2.23 bits per heavy atom.